The number of sulfonamides is 1. The van der Waals surface area contributed by atoms with E-state index in [9.17, 15) is 18.6 Å². The minimum Gasteiger partial charge on any atom is -0.507 e. The van der Waals surface area contributed by atoms with Gasteiger partial charge < -0.3 is 15.5 Å². The lowest BCUT2D eigenvalue weighted by Crippen LogP contribution is -2.53. The first kappa shape index (κ1) is 29.6. The number of aromatic nitrogens is 2. The minimum atomic E-state index is -3.76. The standard InChI is InChI=1S/C32H34N4O4S2/c1-5-26-22(3)16-17-36(42(39,40)29-7-6-18-41-29)31(26)32(38)33-25-13-10-23(11-14-25)9-12-24-20-35(4)34-30(24)27-19-21(2)8-15-28(27)37/h6-8,10-11,13-15,18-20,31-33,37-38H,5,16-17H2,1-4H3. The molecule has 2 atom stereocenters. The summed E-state index contributed by atoms with van der Waals surface area (Å²) in [6.45, 7) is 6.26. The van der Waals surface area contributed by atoms with Crippen molar-refractivity contribution >= 4 is 27.0 Å². The van der Waals surface area contributed by atoms with E-state index in [2.05, 4.69) is 22.3 Å². The predicted molar refractivity (Wildman–Crippen MR) is 167 cm³/mol. The molecular formula is C32H34N4O4S2. The molecule has 2 aromatic heterocycles. The monoisotopic (exact) mass is 602 g/mol. The molecule has 0 saturated heterocycles. The molecule has 1 aliphatic heterocycles. The van der Waals surface area contributed by atoms with Crippen molar-refractivity contribution in [3.63, 3.8) is 0 Å². The van der Waals surface area contributed by atoms with E-state index in [1.165, 1.54) is 15.6 Å². The second-order valence-electron chi connectivity index (χ2n) is 10.4. The van der Waals surface area contributed by atoms with Gasteiger partial charge in [0.25, 0.3) is 10.0 Å². The third-order valence-electron chi connectivity index (χ3n) is 7.44. The molecule has 3 N–H and O–H groups in total. The molecule has 0 bridgehead atoms. The summed E-state index contributed by atoms with van der Waals surface area (Å²) in [5, 5.41) is 31.1. The molecule has 2 aromatic carbocycles. The smallest absolute Gasteiger partial charge is 0.253 e. The van der Waals surface area contributed by atoms with E-state index in [4.69, 9.17) is 0 Å². The number of phenols is 1. The molecule has 0 fully saturated rings. The normalized spacial score (nSPS) is 16.6. The molecule has 0 aliphatic carbocycles. The van der Waals surface area contributed by atoms with E-state index >= 15 is 0 Å². The fraction of sp³-hybridized carbons (Fsp3) is 0.281. The Labute approximate surface area is 251 Å². The Balaban J connectivity index is 1.37. The number of aromatic hydroxyl groups is 1. The summed E-state index contributed by atoms with van der Waals surface area (Å²) >= 11 is 1.18. The zero-order valence-corrected chi connectivity index (χ0v) is 25.6. The second kappa shape index (κ2) is 12.2. The number of nitrogens with one attached hydrogen (secondary N) is 1. The van der Waals surface area contributed by atoms with E-state index in [1.54, 1.807) is 28.3 Å². The number of aryl methyl sites for hydroxylation is 2. The van der Waals surface area contributed by atoms with Crippen molar-refractivity contribution in [3.05, 3.63) is 94.0 Å². The summed E-state index contributed by atoms with van der Waals surface area (Å²) in [5.41, 5.74) is 6.37. The molecular weight excluding hydrogens is 569 g/mol. The molecule has 10 heteroatoms. The molecule has 0 radical (unpaired) electrons. The number of benzene rings is 2. The number of hydrogen-bond acceptors (Lipinski definition) is 7. The fourth-order valence-electron chi connectivity index (χ4n) is 5.32. The molecule has 0 saturated carbocycles. The van der Waals surface area contributed by atoms with Crippen LogP contribution in [0.15, 0.2) is 81.5 Å². The minimum absolute atomic E-state index is 0.146. The summed E-state index contributed by atoms with van der Waals surface area (Å²) in [6, 6.07) is 15.3. The van der Waals surface area contributed by atoms with Crippen molar-refractivity contribution in [1.82, 2.24) is 14.1 Å². The van der Waals surface area contributed by atoms with Gasteiger partial charge in [-0.1, -0.05) is 42.0 Å². The molecule has 2 unspecified atom stereocenters. The Morgan fingerprint density at radius 1 is 1.14 bits per heavy atom. The summed E-state index contributed by atoms with van der Waals surface area (Å²) in [4.78, 5) is 0. The Morgan fingerprint density at radius 2 is 1.90 bits per heavy atom. The zero-order valence-electron chi connectivity index (χ0n) is 24.0. The maximum atomic E-state index is 13.5. The lowest BCUT2D eigenvalue weighted by molar-refractivity contribution is 0.123. The van der Waals surface area contributed by atoms with Crippen molar-refractivity contribution in [2.75, 3.05) is 11.9 Å². The number of thiophene rings is 1. The van der Waals surface area contributed by atoms with Crippen LogP contribution in [0.25, 0.3) is 11.3 Å². The van der Waals surface area contributed by atoms with Gasteiger partial charge in [0.1, 0.15) is 21.9 Å². The number of nitrogens with zero attached hydrogens (tertiary/aromatic N) is 3. The fourth-order valence-corrected chi connectivity index (χ4v) is 8.06. The maximum Gasteiger partial charge on any atom is 0.253 e. The lowest BCUT2D eigenvalue weighted by Gasteiger charge is -2.40. The Bertz CT molecular complexity index is 1780. The van der Waals surface area contributed by atoms with Gasteiger partial charge in [0, 0.05) is 36.6 Å². The second-order valence-corrected chi connectivity index (χ2v) is 13.5. The molecule has 3 heterocycles. The van der Waals surface area contributed by atoms with Crippen LogP contribution in [-0.2, 0) is 17.1 Å². The average molecular weight is 603 g/mol. The van der Waals surface area contributed by atoms with E-state index in [1.807, 2.05) is 70.4 Å². The van der Waals surface area contributed by atoms with Crippen LogP contribution in [-0.4, -0.2) is 51.5 Å². The van der Waals surface area contributed by atoms with Gasteiger partial charge in [-0.25, -0.2) is 8.42 Å². The van der Waals surface area contributed by atoms with E-state index in [0.717, 1.165) is 22.3 Å². The van der Waals surface area contributed by atoms with Gasteiger partial charge in [0.2, 0.25) is 0 Å². The van der Waals surface area contributed by atoms with Crippen LogP contribution in [0.3, 0.4) is 0 Å². The molecule has 1 aliphatic rings. The van der Waals surface area contributed by atoms with E-state index in [0.29, 0.717) is 41.9 Å². The SMILES string of the molecule is CCC1=C(C)CCN(S(=O)(=O)c2cccs2)C1C(O)Nc1ccc(C#Cc2cn(C)nc2-c2cc(C)ccc2O)cc1. The van der Waals surface area contributed by atoms with Crippen LogP contribution in [0.2, 0.25) is 0 Å². The molecule has 8 nitrogen and oxygen atoms in total. The quantitative estimate of drug-likeness (QED) is 0.147. The van der Waals surface area contributed by atoms with Gasteiger partial charge in [-0.2, -0.15) is 9.40 Å². The zero-order chi connectivity index (χ0) is 30.0. The van der Waals surface area contributed by atoms with Gasteiger partial charge in [0.05, 0.1) is 11.6 Å². The van der Waals surface area contributed by atoms with Crippen LogP contribution >= 0.6 is 11.3 Å². The van der Waals surface area contributed by atoms with Crippen molar-refractivity contribution < 1.29 is 18.6 Å². The highest BCUT2D eigenvalue weighted by Crippen LogP contribution is 2.35. The van der Waals surface area contributed by atoms with Crippen molar-refractivity contribution in [2.24, 2.45) is 7.05 Å². The average Bonchev–Trinajstić information content (AvgIpc) is 3.64. The van der Waals surface area contributed by atoms with Gasteiger partial charge in [-0.05, 0) is 80.1 Å². The van der Waals surface area contributed by atoms with Gasteiger partial charge in [-0.15, -0.1) is 11.3 Å². The summed E-state index contributed by atoms with van der Waals surface area (Å²) in [6.07, 6.45) is 1.93. The maximum absolute atomic E-state index is 13.5. The largest absolute Gasteiger partial charge is 0.507 e. The Morgan fingerprint density at radius 3 is 2.60 bits per heavy atom. The number of anilines is 1. The van der Waals surface area contributed by atoms with Crippen molar-refractivity contribution in [1.29, 1.82) is 0 Å². The molecule has 4 aromatic rings. The molecule has 0 amide bonds. The molecule has 42 heavy (non-hydrogen) atoms. The van der Waals surface area contributed by atoms with Crippen LogP contribution < -0.4 is 5.32 Å². The highest BCUT2D eigenvalue weighted by Gasteiger charge is 2.40. The van der Waals surface area contributed by atoms with Gasteiger partial charge in [0.15, 0.2) is 0 Å². The van der Waals surface area contributed by atoms with Crippen LogP contribution in [0.5, 0.6) is 5.75 Å². The highest BCUT2D eigenvalue weighted by atomic mass is 32.2. The first-order valence-electron chi connectivity index (χ1n) is 13.7. The Hall–Kier alpha value is -3.88. The third-order valence-corrected chi connectivity index (χ3v) is 10.7. The number of hydrogen-bond donors (Lipinski definition) is 3. The summed E-state index contributed by atoms with van der Waals surface area (Å²) in [7, 11) is -1.95. The van der Waals surface area contributed by atoms with E-state index in [-0.39, 0.29) is 9.96 Å². The van der Waals surface area contributed by atoms with E-state index < -0.39 is 22.3 Å². The lowest BCUT2D eigenvalue weighted by atomic mass is 9.92. The summed E-state index contributed by atoms with van der Waals surface area (Å²) < 4.78 is 30.4. The van der Waals surface area contributed by atoms with Crippen molar-refractivity contribution in [3.8, 4) is 28.8 Å². The topological polar surface area (TPSA) is 108 Å². The highest BCUT2D eigenvalue weighted by molar-refractivity contribution is 7.91. The predicted octanol–water partition coefficient (Wildman–Crippen LogP) is 5.48. The molecule has 5 rings (SSSR count). The number of aliphatic hydroxyl groups excluding tert-OH is 1. The third kappa shape index (κ3) is 6.01. The number of aliphatic hydroxyl groups is 1. The van der Waals surface area contributed by atoms with Crippen LogP contribution in [0, 0.1) is 18.8 Å². The number of rotatable bonds is 7. The first-order chi connectivity index (χ1) is 20.1. The van der Waals surface area contributed by atoms with Gasteiger partial charge >= 0.3 is 0 Å². The van der Waals surface area contributed by atoms with Crippen LogP contribution in [0.4, 0.5) is 5.69 Å². The Kier molecular flexibility index (Phi) is 8.57. The van der Waals surface area contributed by atoms with Crippen molar-refractivity contribution in [2.45, 2.75) is 50.1 Å². The first-order valence-corrected chi connectivity index (χ1v) is 16.0. The molecule has 0 spiro atoms. The molecule has 218 valence electrons. The summed E-state index contributed by atoms with van der Waals surface area (Å²) in [5.74, 6) is 6.47. The van der Waals surface area contributed by atoms with Gasteiger partial charge in [-0.3, -0.25) is 4.68 Å². The number of phenolic OH excluding ortho intramolecular Hbond substituents is 1. The van der Waals surface area contributed by atoms with Crippen LogP contribution in [0.1, 0.15) is 43.4 Å².